The van der Waals surface area contributed by atoms with Crippen LogP contribution in [-0.4, -0.2) is 15.8 Å². The molecule has 3 heteroatoms. The Morgan fingerprint density at radius 2 is 2.06 bits per heavy atom. The predicted molar refractivity (Wildman–Crippen MR) is 77.8 cm³/mol. The molecule has 0 saturated carbocycles. The van der Waals surface area contributed by atoms with Crippen molar-refractivity contribution in [1.82, 2.24) is 4.98 Å². The zero-order chi connectivity index (χ0) is 13.0. The van der Waals surface area contributed by atoms with Gasteiger partial charge in [0.05, 0.1) is 12.1 Å². The molecule has 96 valence electrons. The van der Waals surface area contributed by atoms with Crippen molar-refractivity contribution in [1.29, 1.82) is 0 Å². The monoisotopic (exact) mass is 261 g/mol. The lowest BCUT2D eigenvalue weighted by Crippen LogP contribution is -1.95. The van der Waals surface area contributed by atoms with Crippen molar-refractivity contribution in [3.05, 3.63) is 35.9 Å². The lowest BCUT2D eigenvalue weighted by Gasteiger charge is -2.09. The molecule has 0 spiro atoms. The van der Waals surface area contributed by atoms with Gasteiger partial charge in [0.2, 0.25) is 0 Å². The second-order valence-electron chi connectivity index (χ2n) is 4.83. The largest absolute Gasteiger partial charge is 0.392 e. The van der Waals surface area contributed by atoms with Crippen molar-refractivity contribution in [2.75, 3.05) is 5.75 Å². The van der Waals surface area contributed by atoms with E-state index < -0.39 is 0 Å². The molecule has 1 N–H and O–H groups in total. The van der Waals surface area contributed by atoms with Gasteiger partial charge in [0.15, 0.2) is 0 Å². The van der Waals surface area contributed by atoms with Crippen LogP contribution in [0.1, 0.15) is 25.8 Å². The Hall–Kier alpha value is -1.06. The molecule has 2 aromatic rings. The Bertz CT molecular complexity index is 525. The number of rotatable bonds is 5. The first-order valence-electron chi connectivity index (χ1n) is 6.33. The molecule has 1 heterocycles. The van der Waals surface area contributed by atoms with Crippen LogP contribution in [0.4, 0.5) is 0 Å². The molecule has 0 amide bonds. The number of aromatic nitrogens is 1. The number of fused-ring (bicyclic) bond motifs is 1. The molecule has 0 fully saturated rings. The summed E-state index contributed by atoms with van der Waals surface area (Å²) in [6.07, 6.45) is 1.17. The summed E-state index contributed by atoms with van der Waals surface area (Å²) in [4.78, 5) is 4.65. The molecule has 18 heavy (non-hydrogen) atoms. The van der Waals surface area contributed by atoms with E-state index in [2.05, 4.69) is 18.8 Å². The number of benzene rings is 1. The van der Waals surface area contributed by atoms with Gasteiger partial charge in [-0.25, -0.2) is 4.98 Å². The predicted octanol–water partition coefficient (Wildman–Crippen LogP) is 3.87. The highest BCUT2D eigenvalue weighted by molar-refractivity contribution is 7.99. The summed E-state index contributed by atoms with van der Waals surface area (Å²) in [6.45, 7) is 4.50. The minimum Gasteiger partial charge on any atom is -0.392 e. The van der Waals surface area contributed by atoms with E-state index in [1.54, 1.807) is 11.8 Å². The Morgan fingerprint density at radius 1 is 1.28 bits per heavy atom. The van der Waals surface area contributed by atoms with E-state index in [4.69, 9.17) is 0 Å². The Kier molecular flexibility index (Phi) is 4.61. The highest BCUT2D eigenvalue weighted by Gasteiger charge is 2.07. The van der Waals surface area contributed by atoms with E-state index in [1.807, 2.05) is 30.3 Å². The first-order chi connectivity index (χ1) is 8.70. The smallest absolute Gasteiger partial charge is 0.102 e. The quantitative estimate of drug-likeness (QED) is 0.830. The first-order valence-corrected chi connectivity index (χ1v) is 7.31. The van der Waals surface area contributed by atoms with Crippen LogP contribution < -0.4 is 0 Å². The number of para-hydroxylation sites is 1. The van der Waals surface area contributed by atoms with Gasteiger partial charge >= 0.3 is 0 Å². The fraction of sp³-hybridized carbons (Fsp3) is 0.400. The van der Waals surface area contributed by atoms with Crippen LogP contribution >= 0.6 is 11.8 Å². The van der Waals surface area contributed by atoms with Gasteiger partial charge in [-0.1, -0.05) is 32.0 Å². The molecule has 0 aliphatic rings. The molecule has 0 radical (unpaired) electrons. The summed E-state index contributed by atoms with van der Waals surface area (Å²) in [7, 11) is 0. The topological polar surface area (TPSA) is 33.1 Å². The van der Waals surface area contributed by atoms with Gasteiger partial charge in [-0.2, -0.15) is 0 Å². The molecule has 2 nitrogen and oxygen atoms in total. The fourth-order valence-corrected chi connectivity index (χ4v) is 3.03. The van der Waals surface area contributed by atoms with Gasteiger partial charge in [0, 0.05) is 10.9 Å². The second kappa shape index (κ2) is 6.21. The van der Waals surface area contributed by atoms with Crippen LogP contribution in [0.5, 0.6) is 0 Å². The summed E-state index contributed by atoms with van der Waals surface area (Å²) in [6, 6.07) is 10.1. The number of pyridine rings is 1. The van der Waals surface area contributed by atoms with Crippen molar-refractivity contribution in [2.24, 2.45) is 5.92 Å². The van der Waals surface area contributed by atoms with Crippen LogP contribution in [0.15, 0.2) is 35.4 Å². The molecule has 1 aromatic heterocycles. The van der Waals surface area contributed by atoms with Crippen molar-refractivity contribution in [2.45, 2.75) is 31.9 Å². The maximum Gasteiger partial charge on any atom is 0.102 e. The minimum absolute atomic E-state index is 0.0574. The summed E-state index contributed by atoms with van der Waals surface area (Å²) in [5.74, 6) is 1.76. The summed E-state index contributed by atoms with van der Waals surface area (Å²) in [5, 5.41) is 11.5. The third-order valence-electron chi connectivity index (χ3n) is 2.87. The standard InChI is InChI=1S/C15H19NOS/c1-11(2)7-8-18-15-13(10-17)9-12-5-3-4-6-14(12)16-15/h3-6,9,11,17H,7-8,10H2,1-2H3. The molecule has 0 bridgehead atoms. The fourth-order valence-electron chi connectivity index (χ4n) is 1.77. The zero-order valence-electron chi connectivity index (χ0n) is 10.9. The number of nitrogens with zero attached hydrogens (tertiary/aromatic N) is 1. The molecule has 0 aliphatic carbocycles. The SMILES string of the molecule is CC(C)CCSc1nc2ccccc2cc1CO. The number of aliphatic hydroxyl groups excluding tert-OH is 1. The molecule has 0 saturated heterocycles. The highest BCUT2D eigenvalue weighted by atomic mass is 32.2. The molecule has 1 aromatic carbocycles. The lowest BCUT2D eigenvalue weighted by atomic mass is 10.2. The number of hydrogen-bond donors (Lipinski definition) is 1. The summed E-state index contributed by atoms with van der Waals surface area (Å²) in [5.41, 5.74) is 1.93. The molecule has 0 unspecified atom stereocenters. The molecule has 2 rings (SSSR count). The Balaban J connectivity index is 2.24. The van der Waals surface area contributed by atoms with Gasteiger partial charge in [-0.3, -0.25) is 0 Å². The van der Waals surface area contributed by atoms with E-state index in [-0.39, 0.29) is 6.61 Å². The van der Waals surface area contributed by atoms with Crippen LogP contribution in [0.25, 0.3) is 10.9 Å². The van der Waals surface area contributed by atoms with Crippen molar-refractivity contribution in [3.8, 4) is 0 Å². The van der Waals surface area contributed by atoms with Gasteiger partial charge < -0.3 is 5.11 Å². The lowest BCUT2D eigenvalue weighted by molar-refractivity contribution is 0.278. The Labute approximate surface area is 112 Å². The number of aliphatic hydroxyl groups is 1. The van der Waals surface area contributed by atoms with Crippen LogP contribution in [0, 0.1) is 5.92 Å². The maximum absolute atomic E-state index is 9.43. The van der Waals surface area contributed by atoms with Crippen molar-refractivity contribution < 1.29 is 5.11 Å². The summed E-state index contributed by atoms with van der Waals surface area (Å²) < 4.78 is 0. The van der Waals surface area contributed by atoms with E-state index >= 15 is 0 Å². The van der Waals surface area contributed by atoms with Crippen LogP contribution in [-0.2, 0) is 6.61 Å². The van der Waals surface area contributed by atoms with Crippen LogP contribution in [0.3, 0.4) is 0 Å². The average Bonchev–Trinajstić information content (AvgIpc) is 2.37. The minimum atomic E-state index is 0.0574. The number of thioether (sulfide) groups is 1. The van der Waals surface area contributed by atoms with Gasteiger partial charge in [0.25, 0.3) is 0 Å². The second-order valence-corrected chi connectivity index (χ2v) is 5.92. The highest BCUT2D eigenvalue weighted by Crippen LogP contribution is 2.26. The molecular formula is C15H19NOS. The molecule has 0 atom stereocenters. The van der Waals surface area contributed by atoms with Gasteiger partial charge in [-0.15, -0.1) is 11.8 Å². The normalized spacial score (nSPS) is 11.3. The molecular weight excluding hydrogens is 242 g/mol. The third kappa shape index (κ3) is 3.24. The van der Waals surface area contributed by atoms with E-state index in [0.717, 1.165) is 27.2 Å². The van der Waals surface area contributed by atoms with E-state index in [1.165, 1.54) is 6.42 Å². The first kappa shape index (κ1) is 13.4. The van der Waals surface area contributed by atoms with Gasteiger partial charge in [-0.05, 0) is 30.2 Å². The Morgan fingerprint density at radius 3 is 2.78 bits per heavy atom. The molecule has 0 aliphatic heterocycles. The van der Waals surface area contributed by atoms with Crippen LogP contribution in [0.2, 0.25) is 0 Å². The summed E-state index contributed by atoms with van der Waals surface area (Å²) >= 11 is 1.74. The van der Waals surface area contributed by atoms with Crippen molar-refractivity contribution in [3.63, 3.8) is 0 Å². The average molecular weight is 261 g/mol. The van der Waals surface area contributed by atoms with Gasteiger partial charge in [0.1, 0.15) is 5.03 Å². The third-order valence-corrected chi connectivity index (χ3v) is 3.93. The van der Waals surface area contributed by atoms with E-state index in [9.17, 15) is 5.11 Å². The number of hydrogen-bond acceptors (Lipinski definition) is 3. The zero-order valence-corrected chi connectivity index (χ0v) is 11.7. The maximum atomic E-state index is 9.43. The van der Waals surface area contributed by atoms with E-state index in [0.29, 0.717) is 5.92 Å². The van der Waals surface area contributed by atoms with Crippen molar-refractivity contribution >= 4 is 22.7 Å².